The van der Waals surface area contributed by atoms with Crippen LogP contribution in [0.25, 0.3) is 0 Å². The van der Waals surface area contributed by atoms with Gasteiger partial charge in [0.05, 0.1) is 11.6 Å². The molecule has 0 bridgehead atoms. The van der Waals surface area contributed by atoms with Gasteiger partial charge in [-0.3, -0.25) is 4.98 Å². The summed E-state index contributed by atoms with van der Waals surface area (Å²) in [6.45, 7) is 2.80. The SMILES string of the molecule is CCOc1ccc(Cl)c(C(=O)OCc2ccc(OCc3cccnc3)cc2)n1. The van der Waals surface area contributed by atoms with E-state index in [1.165, 1.54) is 0 Å². The van der Waals surface area contributed by atoms with Crippen molar-refractivity contribution in [3.8, 4) is 11.6 Å². The molecule has 0 saturated heterocycles. The van der Waals surface area contributed by atoms with E-state index in [9.17, 15) is 4.79 Å². The second-order valence-electron chi connectivity index (χ2n) is 5.78. The predicted octanol–water partition coefficient (Wildman–Crippen LogP) is 4.46. The number of benzene rings is 1. The van der Waals surface area contributed by atoms with Crippen molar-refractivity contribution in [3.05, 3.63) is 82.8 Å². The summed E-state index contributed by atoms with van der Waals surface area (Å²) in [6.07, 6.45) is 3.48. The van der Waals surface area contributed by atoms with Gasteiger partial charge in [0.15, 0.2) is 5.69 Å². The minimum atomic E-state index is -0.608. The van der Waals surface area contributed by atoms with Gasteiger partial charge in [-0.25, -0.2) is 9.78 Å². The molecule has 0 spiro atoms. The lowest BCUT2D eigenvalue weighted by molar-refractivity contribution is 0.0464. The molecule has 0 radical (unpaired) electrons. The maximum Gasteiger partial charge on any atom is 0.358 e. The molecule has 7 heteroatoms. The number of halogens is 1. The number of nitrogens with zero attached hydrogens (tertiary/aromatic N) is 2. The second kappa shape index (κ2) is 9.71. The first kappa shape index (κ1) is 19.6. The van der Waals surface area contributed by atoms with Crippen molar-refractivity contribution >= 4 is 17.6 Å². The van der Waals surface area contributed by atoms with Crippen LogP contribution in [0.4, 0.5) is 0 Å². The van der Waals surface area contributed by atoms with E-state index in [2.05, 4.69) is 9.97 Å². The fraction of sp³-hybridized carbons (Fsp3) is 0.190. The number of rotatable bonds is 8. The molecule has 0 N–H and O–H groups in total. The van der Waals surface area contributed by atoms with Crippen LogP contribution in [-0.4, -0.2) is 22.5 Å². The van der Waals surface area contributed by atoms with E-state index in [1.807, 2.05) is 43.3 Å². The molecule has 0 aliphatic carbocycles. The maximum absolute atomic E-state index is 12.3. The zero-order valence-corrected chi connectivity index (χ0v) is 16.1. The number of carbonyl (C=O) groups excluding carboxylic acids is 1. The van der Waals surface area contributed by atoms with Gasteiger partial charge < -0.3 is 14.2 Å². The first-order chi connectivity index (χ1) is 13.7. The average Bonchev–Trinajstić information content (AvgIpc) is 2.73. The molecule has 0 fully saturated rings. The molecule has 0 saturated carbocycles. The minimum absolute atomic E-state index is 0.0315. The molecule has 0 atom stereocenters. The van der Waals surface area contributed by atoms with Crippen LogP contribution < -0.4 is 9.47 Å². The molecule has 6 nitrogen and oxygen atoms in total. The summed E-state index contributed by atoms with van der Waals surface area (Å²) in [5, 5.41) is 0.215. The van der Waals surface area contributed by atoms with E-state index in [0.29, 0.717) is 24.8 Å². The Hall–Kier alpha value is -3.12. The third-order valence-corrected chi connectivity index (χ3v) is 4.03. The fourth-order valence-corrected chi connectivity index (χ4v) is 2.53. The highest BCUT2D eigenvalue weighted by Gasteiger charge is 2.15. The highest BCUT2D eigenvalue weighted by atomic mass is 35.5. The van der Waals surface area contributed by atoms with Crippen molar-refractivity contribution in [3.63, 3.8) is 0 Å². The molecule has 28 heavy (non-hydrogen) atoms. The first-order valence-corrected chi connectivity index (χ1v) is 9.10. The molecule has 3 aromatic rings. The van der Waals surface area contributed by atoms with Gasteiger partial charge in [-0.1, -0.05) is 29.8 Å². The molecule has 0 amide bonds. The van der Waals surface area contributed by atoms with Crippen LogP contribution in [0, 0.1) is 0 Å². The fourth-order valence-electron chi connectivity index (χ4n) is 2.34. The summed E-state index contributed by atoms with van der Waals surface area (Å²) in [6, 6.07) is 14.3. The van der Waals surface area contributed by atoms with Crippen molar-refractivity contribution in [2.75, 3.05) is 6.61 Å². The summed E-state index contributed by atoms with van der Waals surface area (Å²) < 4.78 is 16.3. The van der Waals surface area contributed by atoms with Gasteiger partial charge in [-0.15, -0.1) is 0 Å². The number of ether oxygens (including phenoxy) is 3. The zero-order valence-electron chi connectivity index (χ0n) is 15.3. The lowest BCUT2D eigenvalue weighted by Gasteiger charge is -2.09. The van der Waals surface area contributed by atoms with Crippen molar-refractivity contribution in [2.45, 2.75) is 20.1 Å². The number of carbonyl (C=O) groups is 1. The highest BCUT2D eigenvalue weighted by molar-refractivity contribution is 6.33. The number of aromatic nitrogens is 2. The Balaban J connectivity index is 1.54. The van der Waals surface area contributed by atoms with E-state index < -0.39 is 5.97 Å². The van der Waals surface area contributed by atoms with Gasteiger partial charge in [-0.05, 0) is 36.8 Å². The molecule has 2 heterocycles. The summed E-state index contributed by atoms with van der Waals surface area (Å²) >= 11 is 6.04. The van der Waals surface area contributed by atoms with Gasteiger partial charge in [0.1, 0.15) is 19.0 Å². The molecule has 3 rings (SSSR count). The normalized spacial score (nSPS) is 10.4. The lowest BCUT2D eigenvalue weighted by atomic mass is 10.2. The topological polar surface area (TPSA) is 70.5 Å². The maximum atomic E-state index is 12.3. The Bertz CT molecular complexity index is 917. The van der Waals surface area contributed by atoms with Crippen molar-refractivity contribution in [1.29, 1.82) is 0 Å². The first-order valence-electron chi connectivity index (χ1n) is 8.73. The number of pyridine rings is 2. The van der Waals surface area contributed by atoms with Crippen LogP contribution >= 0.6 is 11.6 Å². The van der Waals surface area contributed by atoms with E-state index >= 15 is 0 Å². The van der Waals surface area contributed by atoms with Crippen molar-refractivity contribution < 1.29 is 19.0 Å². The monoisotopic (exact) mass is 398 g/mol. The summed E-state index contributed by atoms with van der Waals surface area (Å²) in [5.41, 5.74) is 1.84. The van der Waals surface area contributed by atoms with Gasteiger partial charge in [0.25, 0.3) is 0 Å². The third kappa shape index (κ3) is 5.44. The van der Waals surface area contributed by atoms with Gasteiger partial charge in [0.2, 0.25) is 5.88 Å². The Labute approximate surface area is 168 Å². The summed E-state index contributed by atoms with van der Waals surface area (Å²) in [4.78, 5) is 20.4. The quantitative estimate of drug-likeness (QED) is 0.521. The minimum Gasteiger partial charge on any atom is -0.489 e. The number of hydrogen-bond donors (Lipinski definition) is 0. The van der Waals surface area contributed by atoms with Gasteiger partial charge >= 0.3 is 5.97 Å². The van der Waals surface area contributed by atoms with Crippen molar-refractivity contribution in [1.82, 2.24) is 9.97 Å². The molecular formula is C21H19ClN2O4. The standard InChI is InChI=1S/C21H19ClN2O4/c1-2-26-19-10-9-18(22)20(24-19)21(25)28-13-15-5-7-17(8-6-15)27-14-16-4-3-11-23-12-16/h3-12H,2,13-14H2,1H3. The molecule has 0 unspecified atom stereocenters. The predicted molar refractivity (Wildman–Crippen MR) is 105 cm³/mol. The largest absolute Gasteiger partial charge is 0.489 e. The molecule has 1 aromatic carbocycles. The van der Waals surface area contributed by atoms with Gasteiger partial charge in [-0.2, -0.15) is 0 Å². The molecule has 0 aliphatic heterocycles. The third-order valence-electron chi connectivity index (χ3n) is 3.73. The Morgan fingerprint density at radius 3 is 2.54 bits per heavy atom. The molecular weight excluding hydrogens is 380 g/mol. The molecule has 0 aliphatic rings. The van der Waals surface area contributed by atoms with Crippen LogP contribution in [0.15, 0.2) is 60.9 Å². The van der Waals surface area contributed by atoms with Crippen molar-refractivity contribution in [2.24, 2.45) is 0 Å². The molecule has 144 valence electrons. The summed E-state index contributed by atoms with van der Waals surface area (Å²) in [7, 11) is 0. The van der Waals surface area contributed by atoms with Crippen LogP contribution in [-0.2, 0) is 18.0 Å². The highest BCUT2D eigenvalue weighted by Crippen LogP contribution is 2.20. The van der Waals surface area contributed by atoms with E-state index in [1.54, 1.807) is 24.5 Å². The Morgan fingerprint density at radius 2 is 1.82 bits per heavy atom. The average molecular weight is 399 g/mol. The summed E-state index contributed by atoms with van der Waals surface area (Å²) in [5.74, 6) is 0.436. The van der Waals surface area contributed by atoms with E-state index in [4.69, 9.17) is 25.8 Å². The van der Waals surface area contributed by atoms with E-state index in [-0.39, 0.29) is 17.3 Å². The smallest absolute Gasteiger partial charge is 0.358 e. The lowest BCUT2D eigenvalue weighted by Crippen LogP contribution is -2.09. The van der Waals surface area contributed by atoms with E-state index in [0.717, 1.165) is 11.1 Å². The van der Waals surface area contributed by atoms with Crippen LogP contribution in [0.3, 0.4) is 0 Å². The van der Waals surface area contributed by atoms with Crippen LogP contribution in [0.2, 0.25) is 5.02 Å². The Morgan fingerprint density at radius 1 is 1.00 bits per heavy atom. The zero-order chi connectivity index (χ0) is 19.8. The van der Waals surface area contributed by atoms with Crippen LogP contribution in [0.1, 0.15) is 28.5 Å². The molecule has 2 aromatic heterocycles. The number of esters is 1. The van der Waals surface area contributed by atoms with Crippen LogP contribution in [0.5, 0.6) is 11.6 Å². The van der Waals surface area contributed by atoms with Gasteiger partial charge in [0, 0.05) is 24.0 Å². The second-order valence-corrected chi connectivity index (χ2v) is 6.19. The number of hydrogen-bond acceptors (Lipinski definition) is 6. The Kier molecular flexibility index (Phi) is 6.81.